The van der Waals surface area contributed by atoms with Crippen molar-refractivity contribution in [1.29, 1.82) is 0 Å². The molecule has 0 amide bonds. The number of aromatic nitrogens is 3. The van der Waals surface area contributed by atoms with Crippen LogP contribution in [-0.2, 0) is 0 Å². The van der Waals surface area contributed by atoms with Crippen molar-refractivity contribution >= 4 is 17.4 Å². The lowest BCUT2D eigenvalue weighted by Crippen LogP contribution is -2.17. The van der Waals surface area contributed by atoms with E-state index in [9.17, 15) is 0 Å². The normalized spacial score (nSPS) is 13.4. The minimum Gasteiger partial charge on any atom is -0.394 e. The van der Waals surface area contributed by atoms with E-state index in [1.807, 2.05) is 0 Å². The largest absolute Gasteiger partial charge is 0.394 e. The molecule has 0 aliphatic rings. The van der Waals surface area contributed by atoms with Gasteiger partial charge in [-0.3, -0.25) is 4.40 Å². The zero-order valence-electron chi connectivity index (χ0n) is 7.26. The Kier molecular flexibility index (Phi) is 2.37. The first-order chi connectivity index (χ1) is 6.74. The van der Waals surface area contributed by atoms with Crippen LogP contribution in [0.1, 0.15) is 11.7 Å². The average molecular weight is 213 g/mol. The van der Waals surface area contributed by atoms with Gasteiger partial charge in [0.2, 0.25) is 5.78 Å². The fraction of sp³-hybridized carbons (Fsp3) is 0.250. The Hall–Kier alpha value is -1.17. The van der Waals surface area contributed by atoms with Crippen LogP contribution in [0.25, 0.3) is 5.78 Å². The minimum absolute atomic E-state index is 0.178. The maximum Gasteiger partial charge on any atom is 0.235 e. The summed E-state index contributed by atoms with van der Waals surface area (Å²) in [4.78, 5) is 8.02. The molecule has 5 nitrogen and oxygen atoms in total. The zero-order valence-corrected chi connectivity index (χ0v) is 8.02. The minimum atomic E-state index is -0.540. The summed E-state index contributed by atoms with van der Waals surface area (Å²) >= 11 is 5.88. The van der Waals surface area contributed by atoms with E-state index in [-0.39, 0.29) is 11.8 Å². The summed E-state index contributed by atoms with van der Waals surface area (Å²) in [6.45, 7) is -0.178. The molecular weight excluding hydrogens is 204 g/mol. The van der Waals surface area contributed by atoms with Gasteiger partial charge in [0.25, 0.3) is 0 Å². The molecule has 1 atom stereocenters. The fourth-order valence-electron chi connectivity index (χ4n) is 1.30. The Labute approximate surface area is 85.2 Å². The average Bonchev–Trinajstić information content (AvgIpc) is 2.53. The molecule has 2 aromatic heterocycles. The number of fused-ring (bicyclic) bond motifs is 1. The third-order valence-corrected chi connectivity index (χ3v) is 2.22. The molecule has 3 N–H and O–H groups in total. The van der Waals surface area contributed by atoms with Crippen molar-refractivity contribution in [2.75, 3.05) is 6.61 Å². The third kappa shape index (κ3) is 1.35. The van der Waals surface area contributed by atoms with E-state index in [0.717, 1.165) is 0 Å². The SMILES string of the molecule is NC(CO)c1c(Cl)nc2ncccn12. The Morgan fingerprint density at radius 2 is 2.43 bits per heavy atom. The van der Waals surface area contributed by atoms with Crippen molar-refractivity contribution in [3.63, 3.8) is 0 Å². The molecule has 0 bridgehead atoms. The number of rotatable bonds is 2. The van der Waals surface area contributed by atoms with E-state index < -0.39 is 6.04 Å². The van der Waals surface area contributed by atoms with Gasteiger partial charge in [-0.25, -0.2) is 4.98 Å². The van der Waals surface area contributed by atoms with Crippen LogP contribution >= 0.6 is 11.6 Å². The van der Waals surface area contributed by atoms with Crippen molar-refractivity contribution in [3.05, 3.63) is 29.3 Å². The fourth-order valence-corrected chi connectivity index (χ4v) is 1.60. The van der Waals surface area contributed by atoms with Gasteiger partial charge >= 0.3 is 0 Å². The molecule has 0 aliphatic heterocycles. The van der Waals surface area contributed by atoms with Crippen LogP contribution in [0.2, 0.25) is 5.15 Å². The molecule has 0 spiro atoms. The van der Waals surface area contributed by atoms with E-state index in [1.54, 1.807) is 22.9 Å². The Bertz CT molecular complexity index is 456. The highest BCUT2D eigenvalue weighted by atomic mass is 35.5. The Morgan fingerprint density at radius 1 is 1.64 bits per heavy atom. The molecule has 1 unspecified atom stereocenters. The van der Waals surface area contributed by atoms with Crippen molar-refractivity contribution in [3.8, 4) is 0 Å². The number of nitrogens with zero attached hydrogens (tertiary/aromatic N) is 3. The lowest BCUT2D eigenvalue weighted by atomic mass is 10.2. The number of hydrogen-bond acceptors (Lipinski definition) is 4. The highest BCUT2D eigenvalue weighted by Gasteiger charge is 2.16. The molecule has 0 fully saturated rings. The second-order valence-corrected chi connectivity index (χ2v) is 3.22. The lowest BCUT2D eigenvalue weighted by molar-refractivity contribution is 0.265. The van der Waals surface area contributed by atoms with Crippen LogP contribution in [0.3, 0.4) is 0 Å². The predicted octanol–water partition coefficient (Wildman–Crippen LogP) is 0.375. The molecule has 0 aliphatic carbocycles. The van der Waals surface area contributed by atoms with Gasteiger partial charge in [-0.2, -0.15) is 4.98 Å². The van der Waals surface area contributed by atoms with Gasteiger partial charge in [0, 0.05) is 12.4 Å². The van der Waals surface area contributed by atoms with E-state index in [1.165, 1.54) is 0 Å². The van der Waals surface area contributed by atoms with Gasteiger partial charge < -0.3 is 10.8 Å². The van der Waals surface area contributed by atoms with Crippen LogP contribution in [0.4, 0.5) is 0 Å². The van der Waals surface area contributed by atoms with E-state index in [0.29, 0.717) is 11.5 Å². The molecule has 14 heavy (non-hydrogen) atoms. The molecule has 0 saturated heterocycles. The highest BCUT2D eigenvalue weighted by Crippen LogP contribution is 2.21. The lowest BCUT2D eigenvalue weighted by Gasteiger charge is -2.07. The molecule has 0 radical (unpaired) electrons. The maximum atomic E-state index is 8.95. The first kappa shape index (κ1) is 9.39. The summed E-state index contributed by atoms with van der Waals surface area (Å²) in [5.74, 6) is 0.483. The summed E-state index contributed by atoms with van der Waals surface area (Å²) in [5, 5.41) is 9.23. The molecule has 2 heterocycles. The summed E-state index contributed by atoms with van der Waals surface area (Å²) in [7, 11) is 0. The summed E-state index contributed by atoms with van der Waals surface area (Å²) in [6.07, 6.45) is 3.37. The topological polar surface area (TPSA) is 76.4 Å². The number of imidazole rings is 1. The molecule has 0 saturated carbocycles. The Morgan fingerprint density at radius 3 is 3.14 bits per heavy atom. The highest BCUT2D eigenvalue weighted by molar-refractivity contribution is 6.30. The van der Waals surface area contributed by atoms with Crippen LogP contribution in [0.5, 0.6) is 0 Å². The molecule has 0 aromatic carbocycles. The smallest absolute Gasteiger partial charge is 0.235 e. The molecule has 2 aromatic rings. The quantitative estimate of drug-likeness (QED) is 0.755. The van der Waals surface area contributed by atoms with Crippen molar-refractivity contribution in [1.82, 2.24) is 14.4 Å². The Balaban J connectivity index is 2.67. The van der Waals surface area contributed by atoms with E-state index in [4.69, 9.17) is 22.4 Å². The summed E-state index contributed by atoms with van der Waals surface area (Å²) in [6, 6.07) is 1.21. The van der Waals surface area contributed by atoms with Gasteiger partial charge in [0.05, 0.1) is 18.3 Å². The standard InChI is InChI=1S/C8H9ClN4O/c9-7-6(5(10)4-14)13-3-1-2-11-8(13)12-7/h1-3,5,14H,4,10H2. The van der Waals surface area contributed by atoms with Gasteiger partial charge in [-0.1, -0.05) is 11.6 Å². The number of hydrogen-bond donors (Lipinski definition) is 2. The van der Waals surface area contributed by atoms with Crippen LogP contribution in [0.15, 0.2) is 18.5 Å². The first-order valence-corrected chi connectivity index (χ1v) is 4.46. The maximum absolute atomic E-state index is 8.95. The van der Waals surface area contributed by atoms with Crippen molar-refractivity contribution < 1.29 is 5.11 Å². The summed E-state index contributed by atoms with van der Waals surface area (Å²) in [5.41, 5.74) is 6.26. The van der Waals surface area contributed by atoms with Crippen molar-refractivity contribution in [2.24, 2.45) is 5.73 Å². The molecule has 6 heteroatoms. The van der Waals surface area contributed by atoms with Crippen LogP contribution < -0.4 is 5.73 Å². The first-order valence-electron chi connectivity index (χ1n) is 4.09. The van der Waals surface area contributed by atoms with Gasteiger partial charge in [-0.05, 0) is 6.07 Å². The van der Waals surface area contributed by atoms with Gasteiger partial charge in [0.15, 0.2) is 5.15 Å². The number of nitrogens with two attached hydrogens (primary N) is 1. The third-order valence-electron chi connectivity index (χ3n) is 1.94. The van der Waals surface area contributed by atoms with Crippen LogP contribution in [-0.4, -0.2) is 26.1 Å². The zero-order chi connectivity index (χ0) is 10.1. The van der Waals surface area contributed by atoms with E-state index in [2.05, 4.69) is 9.97 Å². The van der Waals surface area contributed by atoms with Crippen LogP contribution in [0, 0.1) is 0 Å². The van der Waals surface area contributed by atoms with Gasteiger partial charge in [-0.15, -0.1) is 0 Å². The molecule has 74 valence electrons. The van der Waals surface area contributed by atoms with Crippen molar-refractivity contribution in [2.45, 2.75) is 6.04 Å². The monoisotopic (exact) mass is 212 g/mol. The second kappa shape index (κ2) is 3.53. The van der Waals surface area contributed by atoms with E-state index >= 15 is 0 Å². The number of halogens is 1. The predicted molar refractivity (Wildman–Crippen MR) is 52.0 cm³/mol. The number of aliphatic hydroxyl groups is 1. The molecule has 2 rings (SSSR count). The number of aliphatic hydroxyl groups excluding tert-OH is 1. The van der Waals surface area contributed by atoms with Gasteiger partial charge in [0.1, 0.15) is 0 Å². The second-order valence-electron chi connectivity index (χ2n) is 2.87. The molecular formula is C8H9ClN4O. The summed E-state index contributed by atoms with van der Waals surface area (Å²) < 4.78 is 1.67.